The number of carboxylic acids is 1. The highest BCUT2D eigenvalue weighted by Crippen LogP contribution is 2.17. The van der Waals surface area contributed by atoms with Gasteiger partial charge in [-0.15, -0.1) is 0 Å². The molecule has 2 heterocycles. The van der Waals surface area contributed by atoms with Gasteiger partial charge in [-0.1, -0.05) is 30.3 Å². The second kappa shape index (κ2) is 7.77. The van der Waals surface area contributed by atoms with Crippen LogP contribution in [0.25, 0.3) is 0 Å². The lowest BCUT2D eigenvalue weighted by Gasteiger charge is -2.35. The molecule has 1 atom stereocenters. The summed E-state index contributed by atoms with van der Waals surface area (Å²) in [4.78, 5) is 29.6. The zero-order valence-corrected chi connectivity index (χ0v) is 13.9. The van der Waals surface area contributed by atoms with Crippen molar-refractivity contribution in [2.45, 2.75) is 13.0 Å². The molecule has 1 aromatic carbocycles. The van der Waals surface area contributed by atoms with E-state index < -0.39 is 11.9 Å². The number of benzene rings is 1. The Morgan fingerprint density at radius 1 is 1.00 bits per heavy atom. The Morgan fingerprint density at radius 2 is 1.67 bits per heavy atom. The van der Waals surface area contributed by atoms with E-state index >= 15 is 0 Å². The van der Waals surface area contributed by atoms with E-state index in [1.807, 2.05) is 6.07 Å². The summed E-state index contributed by atoms with van der Waals surface area (Å²) in [6.07, 6.45) is 0.575. The molecular weight excluding hydrogens is 306 g/mol. The molecule has 1 N–H and O–H groups in total. The molecule has 2 aliphatic rings. The van der Waals surface area contributed by atoms with Gasteiger partial charge in [0, 0.05) is 45.8 Å². The molecule has 0 unspecified atom stereocenters. The van der Waals surface area contributed by atoms with Crippen LogP contribution in [0, 0.1) is 5.92 Å². The smallest absolute Gasteiger partial charge is 0.308 e. The van der Waals surface area contributed by atoms with Gasteiger partial charge in [0.2, 0.25) is 5.91 Å². The van der Waals surface area contributed by atoms with Crippen molar-refractivity contribution in [1.29, 1.82) is 0 Å². The van der Waals surface area contributed by atoms with E-state index in [0.717, 1.165) is 32.7 Å². The Hall–Kier alpha value is -1.92. The Balaban J connectivity index is 1.41. The van der Waals surface area contributed by atoms with E-state index in [4.69, 9.17) is 5.11 Å². The highest BCUT2D eigenvalue weighted by molar-refractivity contribution is 5.80. The van der Waals surface area contributed by atoms with Gasteiger partial charge in [0.1, 0.15) is 0 Å². The van der Waals surface area contributed by atoms with Crippen LogP contribution < -0.4 is 0 Å². The van der Waals surface area contributed by atoms with Crippen molar-refractivity contribution in [3.8, 4) is 0 Å². The van der Waals surface area contributed by atoms with Crippen molar-refractivity contribution in [2.24, 2.45) is 5.92 Å². The Morgan fingerprint density at radius 3 is 2.29 bits per heavy atom. The number of amides is 1. The van der Waals surface area contributed by atoms with Gasteiger partial charge in [0.25, 0.3) is 0 Å². The Labute approximate surface area is 142 Å². The molecule has 2 aliphatic heterocycles. The zero-order chi connectivity index (χ0) is 16.9. The number of carboxylic acid groups (broad SMARTS) is 1. The molecule has 0 spiro atoms. The summed E-state index contributed by atoms with van der Waals surface area (Å²) in [5.74, 6) is -1.12. The van der Waals surface area contributed by atoms with Gasteiger partial charge in [-0.2, -0.15) is 0 Å². The van der Waals surface area contributed by atoms with Gasteiger partial charge < -0.3 is 10.0 Å². The molecule has 0 bridgehead atoms. The van der Waals surface area contributed by atoms with Gasteiger partial charge in [-0.3, -0.25) is 19.4 Å². The molecule has 24 heavy (non-hydrogen) atoms. The van der Waals surface area contributed by atoms with E-state index in [1.165, 1.54) is 5.56 Å². The van der Waals surface area contributed by atoms with Crippen LogP contribution in [0.3, 0.4) is 0 Å². The average molecular weight is 331 g/mol. The summed E-state index contributed by atoms with van der Waals surface area (Å²) in [7, 11) is 0. The molecule has 0 aliphatic carbocycles. The molecule has 6 heteroatoms. The molecule has 0 aromatic heterocycles. The second-order valence-electron chi connectivity index (χ2n) is 6.70. The maximum absolute atomic E-state index is 12.3. The first kappa shape index (κ1) is 16.9. The van der Waals surface area contributed by atoms with Crippen LogP contribution in [0.5, 0.6) is 0 Å². The monoisotopic (exact) mass is 331 g/mol. The summed E-state index contributed by atoms with van der Waals surface area (Å²) in [6.45, 7) is 5.98. The quantitative estimate of drug-likeness (QED) is 0.862. The highest BCUT2D eigenvalue weighted by Gasteiger charge is 2.31. The summed E-state index contributed by atoms with van der Waals surface area (Å²) >= 11 is 0. The van der Waals surface area contributed by atoms with Crippen LogP contribution in [0.2, 0.25) is 0 Å². The number of carbonyl (C=O) groups excluding carboxylic acids is 1. The molecule has 2 saturated heterocycles. The number of nitrogens with zero attached hydrogens (tertiary/aromatic N) is 3. The second-order valence-corrected chi connectivity index (χ2v) is 6.70. The van der Waals surface area contributed by atoms with E-state index in [1.54, 1.807) is 4.90 Å². The molecule has 1 aromatic rings. The van der Waals surface area contributed by atoms with E-state index in [2.05, 4.69) is 34.1 Å². The molecular formula is C18H25N3O3. The lowest BCUT2D eigenvalue weighted by molar-refractivity contribution is -0.141. The number of likely N-dealkylation sites (tertiary alicyclic amines) is 1. The minimum atomic E-state index is -0.792. The van der Waals surface area contributed by atoms with Crippen molar-refractivity contribution < 1.29 is 14.7 Å². The minimum absolute atomic E-state index is 0.0651. The Kier molecular flexibility index (Phi) is 5.48. The first-order valence-electron chi connectivity index (χ1n) is 8.61. The fraction of sp³-hybridized carbons (Fsp3) is 0.556. The van der Waals surface area contributed by atoms with Gasteiger partial charge in [0.05, 0.1) is 12.5 Å². The largest absolute Gasteiger partial charge is 0.481 e. The van der Waals surface area contributed by atoms with Crippen molar-refractivity contribution in [1.82, 2.24) is 14.7 Å². The van der Waals surface area contributed by atoms with Crippen LogP contribution in [0.15, 0.2) is 30.3 Å². The van der Waals surface area contributed by atoms with Gasteiger partial charge in [-0.05, 0) is 12.0 Å². The van der Waals surface area contributed by atoms with E-state index in [0.29, 0.717) is 26.1 Å². The third-order valence-corrected chi connectivity index (χ3v) is 4.96. The Bertz CT molecular complexity index is 570. The van der Waals surface area contributed by atoms with Crippen molar-refractivity contribution in [3.63, 3.8) is 0 Å². The lowest BCUT2D eigenvalue weighted by atomic mass is 10.1. The topological polar surface area (TPSA) is 64.1 Å². The van der Waals surface area contributed by atoms with Crippen LogP contribution in [0.1, 0.15) is 12.0 Å². The van der Waals surface area contributed by atoms with Crippen LogP contribution >= 0.6 is 0 Å². The zero-order valence-electron chi connectivity index (χ0n) is 13.9. The van der Waals surface area contributed by atoms with Gasteiger partial charge >= 0.3 is 5.97 Å². The number of hydrogen-bond acceptors (Lipinski definition) is 4. The molecule has 6 nitrogen and oxygen atoms in total. The van der Waals surface area contributed by atoms with Crippen LogP contribution in [-0.4, -0.2) is 77.5 Å². The van der Waals surface area contributed by atoms with Crippen molar-refractivity contribution >= 4 is 11.9 Å². The minimum Gasteiger partial charge on any atom is -0.481 e. The first-order valence-corrected chi connectivity index (χ1v) is 8.61. The van der Waals surface area contributed by atoms with Crippen LogP contribution in [0.4, 0.5) is 0 Å². The molecule has 2 fully saturated rings. The standard InChI is InChI=1S/C18H25N3O3/c22-17(21-7-6-16(13-21)18(23)24)14-20-10-8-19(9-11-20)12-15-4-2-1-3-5-15/h1-5,16H,6-14H2,(H,23,24)/t16-/m0/s1. The summed E-state index contributed by atoms with van der Waals surface area (Å²) in [6, 6.07) is 10.4. The fourth-order valence-corrected chi connectivity index (χ4v) is 3.43. The number of rotatable bonds is 5. The van der Waals surface area contributed by atoms with Gasteiger partial charge in [-0.25, -0.2) is 0 Å². The van der Waals surface area contributed by atoms with E-state index in [-0.39, 0.29) is 5.91 Å². The van der Waals surface area contributed by atoms with Crippen molar-refractivity contribution in [2.75, 3.05) is 45.8 Å². The number of carbonyl (C=O) groups is 2. The number of piperazine rings is 1. The molecule has 130 valence electrons. The number of aliphatic carboxylic acids is 1. The molecule has 0 radical (unpaired) electrons. The van der Waals surface area contributed by atoms with Crippen molar-refractivity contribution in [3.05, 3.63) is 35.9 Å². The first-order chi connectivity index (χ1) is 11.6. The fourth-order valence-electron chi connectivity index (χ4n) is 3.43. The average Bonchev–Trinajstić information content (AvgIpc) is 3.08. The summed E-state index contributed by atoms with van der Waals surface area (Å²) in [5.41, 5.74) is 1.32. The lowest BCUT2D eigenvalue weighted by Crippen LogP contribution is -2.49. The van der Waals surface area contributed by atoms with Gasteiger partial charge in [0.15, 0.2) is 0 Å². The predicted octanol–water partition coefficient (Wildman–Crippen LogP) is 0.737. The van der Waals surface area contributed by atoms with E-state index in [9.17, 15) is 9.59 Å². The highest BCUT2D eigenvalue weighted by atomic mass is 16.4. The maximum Gasteiger partial charge on any atom is 0.308 e. The van der Waals surface area contributed by atoms with Crippen LogP contribution in [-0.2, 0) is 16.1 Å². The predicted molar refractivity (Wildman–Crippen MR) is 90.5 cm³/mol. The third-order valence-electron chi connectivity index (χ3n) is 4.96. The SMILES string of the molecule is O=C(O)[C@H]1CCN(C(=O)CN2CCN(Cc3ccccc3)CC2)C1. The molecule has 0 saturated carbocycles. The normalized spacial score (nSPS) is 22.7. The molecule has 1 amide bonds. The number of hydrogen-bond donors (Lipinski definition) is 1. The summed E-state index contributed by atoms with van der Waals surface area (Å²) < 4.78 is 0. The molecule has 3 rings (SSSR count). The maximum atomic E-state index is 12.3. The summed E-state index contributed by atoms with van der Waals surface area (Å²) in [5, 5.41) is 9.03. The third kappa shape index (κ3) is 4.33.